The first-order valence-electron chi connectivity index (χ1n) is 47.3. The lowest BCUT2D eigenvalue weighted by atomic mass is 9.95. The maximum absolute atomic E-state index is 12.1. The number of benzene rings is 6. The molecule has 5 N–H and O–H groups in total. The number of rotatable bonds is 18. The third-order valence-electron chi connectivity index (χ3n) is 25.1. The van der Waals surface area contributed by atoms with Crippen LogP contribution in [0.4, 0.5) is 25.1 Å². The predicted molar refractivity (Wildman–Crippen MR) is 538 cm³/mol. The zero-order valence-electron chi connectivity index (χ0n) is 79.3. The summed E-state index contributed by atoms with van der Waals surface area (Å²) in [4.78, 5) is 138. The summed E-state index contributed by atoms with van der Waals surface area (Å²) in [5.41, 5.74) is 17.3. The van der Waals surface area contributed by atoms with E-state index in [1.165, 1.54) is 31.5 Å². The van der Waals surface area contributed by atoms with Gasteiger partial charge in [0, 0.05) is 228 Å². The Morgan fingerprint density at radius 1 is 0.434 bits per heavy atom. The van der Waals surface area contributed by atoms with E-state index < -0.39 is 22.9 Å². The molecule has 0 aliphatic carbocycles. The van der Waals surface area contributed by atoms with E-state index >= 15 is 0 Å². The minimum atomic E-state index is -5.19. The van der Waals surface area contributed by atoms with Gasteiger partial charge in [0.2, 0.25) is 34.8 Å². The summed E-state index contributed by atoms with van der Waals surface area (Å²) in [5.74, 6) is 3.33. The summed E-state index contributed by atoms with van der Waals surface area (Å²) >= 11 is 0. The van der Waals surface area contributed by atoms with Gasteiger partial charge in [0.1, 0.15) is 41.6 Å². The number of nitrogens with two attached hydrogens (primary N) is 1. The molecule has 3 amide bonds. The topological polar surface area (TPSA) is 416 Å². The molecule has 6 aromatic carbocycles. The Labute approximate surface area is 825 Å². The van der Waals surface area contributed by atoms with Crippen LogP contribution in [0.1, 0.15) is 103 Å². The second-order valence-electron chi connectivity index (χ2n) is 34.5. The van der Waals surface area contributed by atoms with Crippen molar-refractivity contribution in [2.45, 2.75) is 83.1 Å². The summed E-state index contributed by atoms with van der Waals surface area (Å²) in [6, 6.07) is 71.7. The quantitative estimate of drug-likeness (QED) is 0.0458. The summed E-state index contributed by atoms with van der Waals surface area (Å²) in [6.45, 7) is 21.0. The molecule has 143 heavy (non-hydrogen) atoms. The van der Waals surface area contributed by atoms with Crippen molar-refractivity contribution in [1.29, 1.82) is 0 Å². The van der Waals surface area contributed by atoms with Gasteiger partial charge in [0.25, 0.3) is 0 Å². The van der Waals surface area contributed by atoms with Gasteiger partial charge in [-0.25, -0.2) is 44.9 Å². The normalized spacial score (nSPS) is 14.9. The molecule has 0 bridgehead atoms. The lowest BCUT2D eigenvalue weighted by Crippen LogP contribution is -2.86. The summed E-state index contributed by atoms with van der Waals surface area (Å²) in [6.07, 6.45) is 9.76. The average molecular weight is 1950 g/mol. The number of quaternary nitrogens is 1. The van der Waals surface area contributed by atoms with Crippen LogP contribution in [0.5, 0.6) is 0 Å². The van der Waals surface area contributed by atoms with Crippen molar-refractivity contribution in [1.82, 2.24) is 110 Å². The zero-order chi connectivity index (χ0) is 99.7. The largest absolute Gasteiger partial charge is 0.542 e. The Kier molecular flexibility index (Phi) is 33.4. The number of carbonyl (C=O) groups excluding carboxylic acids is 6. The maximum atomic E-state index is 12.1. The molecule has 5 fully saturated rings. The number of anilines is 2. The summed E-state index contributed by atoms with van der Waals surface area (Å²) < 4.78 is 43.6. The zero-order valence-corrected chi connectivity index (χ0v) is 80.1. The van der Waals surface area contributed by atoms with Crippen molar-refractivity contribution in [2.75, 3.05) is 120 Å². The van der Waals surface area contributed by atoms with E-state index in [1.807, 2.05) is 155 Å². The number of piperazine rings is 3. The van der Waals surface area contributed by atoms with E-state index in [0.29, 0.717) is 122 Å². The smallest absolute Gasteiger partial charge is 0.430 e. The molecule has 10 aromatic heterocycles. The number of nitrogens with zero attached hydrogens (tertiary/aromatic N) is 21. The molecule has 5 aliphatic rings. The molecule has 5 saturated heterocycles. The fourth-order valence-electron chi connectivity index (χ4n) is 17.2. The number of aromatic amines is 2. The Bertz CT molecular complexity index is 7060. The Hall–Kier alpha value is -16.0. The van der Waals surface area contributed by atoms with Crippen LogP contribution in [0.2, 0.25) is 0 Å². The first kappa shape index (κ1) is 100. The molecule has 0 saturated carbocycles. The van der Waals surface area contributed by atoms with Gasteiger partial charge in [-0.15, -0.1) is 0 Å². The number of pyridine rings is 5. The number of hydrogen-bond acceptors (Lipinski definition) is 27. The highest BCUT2D eigenvalue weighted by atomic mass is 32.2. The number of H-pyrrole nitrogens is 2. The van der Waals surface area contributed by atoms with E-state index in [0.717, 1.165) is 178 Å². The number of halogens is 3. The van der Waals surface area contributed by atoms with Crippen LogP contribution in [-0.2, 0) is 36.5 Å². The molecule has 15 heterocycles. The number of aliphatic carboxylic acids is 1. The number of carboxylic acid groups (broad SMARTS) is 1. The van der Waals surface area contributed by atoms with Gasteiger partial charge in [0.05, 0.1) is 41.0 Å². The van der Waals surface area contributed by atoms with Crippen molar-refractivity contribution in [2.24, 2.45) is 0 Å². The van der Waals surface area contributed by atoms with Crippen LogP contribution in [-0.4, -0.2) is 262 Å². The average Bonchev–Trinajstić information content (AvgIpc) is 1.74. The van der Waals surface area contributed by atoms with E-state index in [1.54, 1.807) is 63.6 Å². The molecule has 0 spiro atoms. The molecular formula is C106H106F3N25O8S. The molecule has 21 rings (SSSR count). The number of nitrogens with one attached hydrogen (secondary N) is 3. The van der Waals surface area contributed by atoms with Gasteiger partial charge < -0.3 is 45.0 Å². The van der Waals surface area contributed by atoms with E-state index in [9.17, 15) is 41.4 Å². The highest BCUT2D eigenvalue weighted by Gasteiger charge is 2.31. The standard InChI is InChI=1S/C38H38N10O.C26H23N5O2.C22H17N3O2S.C12H15N5.C6H12N2O.C2HF3O2/c1-26(49)47-19-21-48(22-20-47)38-40-24-31-23-32(28-7-3-2-4-8-28)34(41-35(31)43-38)29-12-10-27(11-13-29)25-46-17-14-30(15-18-46)36-42-37(45-44-36)33-9-5-6-16-39-33;1-18(33)30-11-13-31(14-12-30)26-27-16-22-15-23(20-5-3-2-4-6-20)24(28-25(22)29-26)21-9-7-19(17-32)8-10-21;1-2-28(27)22-23-13-18-12-19(16-6-4-3-5-7-16)20(24-21(18)25-22)17-10-8-15(14-26)9-11-17;1-2-6-14-10(3-1)12-15-11(16-17-12)9-4-7-13-8-5-9;1-6(9)8-4-2-7-3-5-8;3-2(4,5)1(6)7/h2-13,16,23-24,30H,14-15,17-22,25H2,1H3,(H,42,44,45);2-10,15-17H,11-14H2,1H3;3-14H,2H2,1H3;1-3,6,9,13H,4-5,7-8H2,(H,15,16,17);7H,2-5H2,1H3;(H,6,7). The van der Waals surface area contributed by atoms with Crippen molar-refractivity contribution in [3.8, 4) is 90.2 Å². The second-order valence-corrected chi connectivity index (χ2v) is 36.2. The Balaban J connectivity index is 0.000000136. The highest BCUT2D eigenvalue weighted by Crippen LogP contribution is 2.39. The van der Waals surface area contributed by atoms with Crippen LogP contribution >= 0.6 is 0 Å². The van der Waals surface area contributed by atoms with Crippen LogP contribution in [0.15, 0.2) is 255 Å². The number of carbonyl (C=O) groups is 6. The molecule has 16 aromatic rings. The van der Waals surface area contributed by atoms with Gasteiger partial charge in [-0.3, -0.25) is 53.2 Å². The number of fused-ring (bicyclic) bond motifs is 3. The van der Waals surface area contributed by atoms with Crippen LogP contribution in [0, 0.1) is 0 Å². The van der Waals surface area contributed by atoms with Gasteiger partial charge in [0.15, 0.2) is 28.6 Å². The summed E-state index contributed by atoms with van der Waals surface area (Å²) in [5, 5.41) is 32.0. The van der Waals surface area contributed by atoms with E-state index in [4.69, 9.17) is 44.8 Å². The number of carboxylic acids is 1. The second kappa shape index (κ2) is 47.8. The van der Waals surface area contributed by atoms with E-state index in [2.05, 4.69) is 148 Å². The fraction of sp³-hybridized carbons (Fsp3) is 0.274. The molecule has 0 radical (unpaired) electrons. The van der Waals surface area contributed by atoms with Gasteiger partial charge in [-0.1, -0.05) is 183 Å². The van der Waals surface area contributed by atoms with Crippen LogP contribution in [0.3, 0.4) is 0 Å². The number of amides is 3. The number of aldehydes is 2. The number of hydrogen-bond donors (Lipinski definition) is 4. The third-order valence-corrected chi connectivity index (χ3v) is 26.2. The molecule has 37 heteroatoms. The summed E-state index contributed by atoms with van der Waals surface area (Å²) in [7, 11) is -1.24. The Morgan fingerprint density at radius 2 is 0.804 bits per heavy atom. The SMILES string of the molecule is CC(=O)N1CCN(c2ncc3cc(-c4ccccc4)c(-c4ccc(C=O)cc4)nc3n2)CC1.CC(=O)N1CCN(c2ncc3cc(-c4ccccc4)c(-c4ccc(CN5CCC(c6nc(-c7ccccn7)n[nH]6)CC5)cc4)nc3n2)CC1.CC(=O)N1CCNCC1.CCS(=O)c1ncc2cc(-c3ccccc3)c(-c3ccc(C=O)cc3)nc2n1.O=C([O-])C(F)(F)F.c1ccc(-c2n[nH]c(C3CC[NH2+]CC3)n2)nc1. The first-order chi connectivity index (χ1) is 69.6. The minimum absolute atomic E-state index is 0.0921. The molecular weight excluding hydrogens is 1840 g/mol. The highest BCUT2D eigenvalue weighted by molar-refractivity contribution is 7.84. The Morgan fingerprint density at radius 3 is 1.17 bits per heavy atom. The molecule has 33 nitrogen and oxygen atoms in total. The number of alkyl halides is 3. The number of likely N-dealkylation sites (tertiary alicyclic amines) is 1. The van der Waals surface area contributed by atoms with Crippen molar-refractivity contribution in [3.05, 3.63) is 278 Å². The van der Waals surface area contributed by atoms with Crippen molar-refractivity contribution < 1.29 is 56.6 Å². The van der Waals surface area contributed by atoms with Gasteiger partial charge >= 0.3 is 6.18 Å². The minimum Gasteiger partial charge on any atom is -0.542 e. The molecule has 5 aliphatic heterocycles. The van der Waals surface area contributed by atoms with Gasteiger partial charge in [-0.05, 0) is 90.6 Å². The number of aromatic nitrogens is 17. The van der Waals surface area contributed by atoms with Crippen molar-refractivity contribution in [3.63, 3.8) is 0 Å². The monoisotopic (exact) mass is 1950 g/mol. The van der Waals surface area contributed by atoms with E-state index in [-0.39, 0.29) is 22.9 Å². The molecule has 1 atom stereocenters. The lowest BCUT2D eigenvalue weighted by Gasteiger charge is -2.34. The lowest BCUT2D eigenvalue weighted by molar-refractivity contribution is -0.663. The third kappa shape index (κ3) is 26.0. The molecule has 1 unspecified atom stereocenters. The first-order valence-corrected chi connectivity index (χ1v) is 48.6. The van der Waals surface area contributed by atoms with Crippen LogP contribution in [0.25, 0.3) is 123 Å². The van der Waals surface area contributed by atoms with Crippen LogP contribution < -0.4 is 25.5 Å². The van der Waals surface area contributed by atoms with Crippen molar-refractivity contribution >= 4 is 92.1 Å². The predicted octanol–water partition coefficient (Wildman–Crippen LogP) is 12.8. The van der Waals surface area contributed by atoms with Gasteiger partial charge in [-0.2, -0.15) is 33.3 Å². The maximum Gasteiger partial charge on any atom is 0.430 e. The molecule has 730 valence electrons. The number of piperidine rings is 2. The fourth-order valence-corrected chi connectivity index (χ4v) is 17.8.